The van der Waals surface area contributed by atoms with E-state index in [1.54, 1.807) is 12.3 Å². The van der Waals surface area contributed by atoms with Crippen LogP contribution in [-0.4, -0.2) is 19.3 Å². The third-order valence-corrected chi connectivity index (χ3v) is 2.77. The molecule has 0 amide bonds. The number of fused-ring (bicyclic) bond motifs is 1. The number of aryl methyl sites for hydroxylation is 1. The second-order valence-corrected chi connectivity index (χ2v) is 4.09. The molecule has 0 bridgehead atoms. The van der Waals surface area contributed by atoms with Crippen molar-refractivity contribution in [2.75, 3.05) is 0 Å². The molecule has 0 saturated heterocycles. The van der Waals surface area contributed by atoms with Crippen LogP contribution in [0.25, 0.3) is 5.78 Å². The van der Waals surface area contributed by atoms with Crippen LogP contribution >= 0.6 is 0 Å². The zero-order chi connectivity index (χ0) is 11.3. The van der Waals surface area contributed by atoms with Crippen molar-refractivity contribution in [2.24, 2.45) is 0 Å². The molecule has 1 fully saturated rings. The van der Waals surface area contributed by atoms with E-state index in [9.17, 15) is 10.1 Å². The molecular formula is C10H10N4O2. The molecule has 0 N–H and O–H groups in total. The van der Waals surface area contributed by atoms with Crippen LogP contribution in [-0.2, 0) is 0 Å². The Morgan fingerprint density at radius 3 is 2.88 bits per heavy atom. The summed E-state index contributed by atoms with van der Waals surface area (Å²) < 4.78 is 1.46. The standard InChI is InChI=1S/C10H10N4O2/c1-6-4-5-13-9(14(15)16)8(7-2-3-7)12-10(13)11-6/h4-5,7H,2-3H2,1H3. The fourth-order valence-corrected chi connectivity index (χ4v) is 1.84. The number of nitrogens with zero attached hydrogens (tertiary/aromatic N) is 4. The molecule has 0 spiro atoms. The number of hydrogen-bond donors (Lipinski definition) is 0. The fraction of sp³-hybridized carbons (Fsp3) is 0.400. The van der Waals surface area contributed by atoms with Crippen LogP contribution in [0.4, 0.5) is 5.82 Å². The Morgan fingerprint density at radius 1 is 1.50 bits per heavy atom. The van der Waals surface area contributed by atoms with E-state index in [-0.39, 0.29) is 16.7 Å². The maximum Gasteiger partial charge on any atom is 0.352 e. The summed E-state index contributed by atoms with van der Waals surface area (Å²) >= 11 is 0. The number of rotatable bonds is 2. The third-order valence-electron chi connectivity index (χ3n) is 2.77. The van der Waals surface area contributed by atoms with E-state index in [1.807, 2.05) is 6.92 Å². The first-order chi connectivity index (χ1) is 7.66. The molecule has 0 radical (unpaired) electrons. The average molecular weight is 218 g/mol. The van der Waals surface area contributed by atoms with Gasteiger partial charge in [-0.15, -0.1) is 0 Å². The van der Waals surface area contributed by atoms with Crippen molar-refractivity contribution < 1.29 is 4.92 Å². The van der Waals surface area contributed by atoms with Crippen LogP contribution < -0.4 is 0 Å². The van der Waals surface area contributed by atoms with E-state index in [4.69, 9.17) is 0 Å². The van der Waals surface area contributed by atoms with E-state index < -0.39 is 0 Å². The number of hydrogen-bond acceptors (Lipinski definition) is 4. The van der Waals surface area contributed by atoms with Crippen molar-refractivity contribution in [3.05, 3.63) is 33.8 Å². The summed E-state index contributed by atoms with van der Waals surface area (Å²) in [6.07, 6.45) is 3.64. The highest BCUT2D eigenvalue weighted by Gasteiger charge is 2.35. The molecule has 2 heterocycles. The van der Waals surface area contributed by atoms with Crippen molar-refractivity contribution in [2.45, 2.75) is 25.7 Å². The minimum Gasteiger partial charge on any atom is -0.358 e. The Bertz CT molecular complexity index is 586. The van der Waals surface area contributed by atoms with Crippen LogP contribution in [0, 0.1) is 17.0 Å². The topological polar surface area (TPSA) is 73.3 Å². The smallest absolute Gasteiger partial charge is 0.352 e. The van der Waals surface area contributed by atoms with Gasteiger partial charge in [0.15, 0.2) is 0 Å². The second-order valence-electron chi connectivity index (χ2n) is 4.09. The highest BCUT2D eigenvalue weighted by molar-refractivity contribution is 5.47. The third kappa shape index (κ3) is 1.26. The SMILES string of the molecule is Cc1ccn2c([N+](=O)[O-])c(C3CC3)nc2n1. The second kappa shape index (κ2) is 3.01. The van der Waals surface area contributed by atoms with Crippen LogP contribution in [0.2, 0.25) is 0 Å². The molecule has 1 aliphatic rings. The Balaban J connectivity index is 2.32. The van der Waals surface area contributed by atoms with Gasteiger partial charge < -0.3 is 10.1 Å². The molecule has 16 heavy (non-hydrogen) atoms. The molecule has 0 aliphatic heterocycles. The van der Waals surface area contributed by atoms with Gasteiger partial charge in [-0.3, -0.25) is 0 Å². The van der Waals surface area contributed by atoms with Gasteiger partial charge in [-0.05, 0) is 30.8 Å². The Kier molecular flexibility index (Phi) is 1.74. The summed E-state index contributed by atoms with van der Waals surface area (Å²) in [5, 5.41) is 11.0. The maximum absolute atomic E-state index is 11.0. The number of nitro groups is 1. The van der Waals surface area contributed by atoms with Crippen molar-refractivity contribution >= 4 is 11.6 Å². The minimum atomic E-state index is -0.370. The molecule has 82 valence electrons. The highest BCUT2D eigenvalue weighted by Crippen LogP contribution is 2.43. The first kappa shape index (κ1) is 9.26. The van der Waals surface area contributed by atoms with E-state index in [1.165, 1.54) is 4.40 Å². The molecule has 3 rings (SSSR count). The van der Waals surface area contributed by atoms with Gasteiger partial charge in [0.05, 0.1) is 0 Å². The van der Waals surface area contributed by atoms with E-state index in [2.05, 4.69) is 9.97 Å². The molecular weight excluding hydrogens is 208 g/mol. The fourth-order valence-electron chi connectivity index (χ4n) is 1.84. The number of aromatic nitrogens is 3. The lowest BCUT2D eigenvalue weighted by Gasteiger charge is -1.95. The van der Waals surface area contributed by atoms with E-state index in [0.29, 0.717) is 11.5 Å². The quantitative estimate of drug-likeness (QED) is 0.569. The van der Waals surface area contributed by atoms with Crippen molar-refractivity contribution in [3.8, 4) is 0 Å². The summed E-state index contributed by atoms with van der Waals surface area (Å²) in [5.41, 5.74) is 1.40. The zero-order valence-corrected chi connectivity index (χ0v) is 8.75. The first-order valence-corrected chi connectivity index (χ1v) is 5.17. The van der Waals surface area contributed by atoms with Crippen LogP contribution in [0.1, 0.15) is 30.1 Å². The van der Waals surface area contributed by atoms with Crippen LogP contribution in [0.3, 0.4) is 0 Å². The summed E-state index contributed by atoms with van der Waals surface area (Å²) in [7, 11) is 0. The van der Waals surface area contributed by atoms with Gasteiger partial charge in [0, 0.05) is 11.6 Å². The highest BCUT2D eigenvalue weighted by atomic mass is 16.6. The summed E-state index contributed by atoms with van der Waals surface area (Å²) in [5.74, 6) is 0.751. The maximum atomic E-state index is 11.0. The molecule has 2 aromatic rings. The van der Waals surface area contributed by atoms with Crippen LogP contribution in [0.15, 0.2) is 12.3 Å². The molecule has 1 saturated carbocycles. The average Bonchev–Trinajstić information content (AvgIpc) is 2.99. The molecule has 1 aliphatic carbocycles. The molecule has 0 unspecified atom stereocenters. The lowest BCUT2D eigenvalue weighted by atomic mass is 10.3. The largest absolute Gasteiger partial charge is 0.358 e. The first-order valence-electron chi connectivity index (χ1n) is 5.17. The zero-order valence-electron chi connectivity index (χ0n) is 8.75. The lowest BCUT2D eigenvalue weighted by Crippen LogP contribution is -1.97. The Morgan fingerprint density at radius 2 is 2.25 bits per heavy atom. The number of imidazole rings is 1. The summed E-state index contributed by atoms with van der Waals surface area (Å²) in [6, 6.07) is 1.75. The molecule has 0 aromatic carbocycles. The Labute approximate surface area is 91.1 Å². The van der Waals surface area contributed by atoms with E-state index >= 15 is 0 Å². The van der Waals surface area contributed by atoms with Gasteiger partial charge in [0.1, 0.15) is 11.9 Å². The van der Waals surface area contributed by atoms with Crippen LogP contribution in [0.5, 0.6) is 0 Å². The van der Waals surface area contributed by atoms with Gasteiger partial charge in [-0.2, -0.15) is 14.4 Å². The summed E-state index contributed by atoms with van der Waals surface area (Å²) in [4.78, 5) is 19.1. The molecule has 0 atom stereocenters. The van der Waals surface area contributed by atoms with Gasteiger partial charge in [0.2, 0.25) is 0 Å². The molecule has 6 heteroatoms. The predicted molar refractivity (Wildman–Crippen MR) is 56.4 cm³/mol. The van der Waals surface area contributed by atoms with Gasteiger partial charge >= 0.3 is 11.6 Å². The van der Waals surface area contributed by atoms with E-state index in [0.717, 1.165) is 18.5 Å². The van der Waals surface area contributed by atoms with Gasteiger partial charge in [-0.25, -0.2) is 0 Å². The summed E-state index contributed by atoms with van der Waals surface area (Å²) in [6.45, 7) is 1.84. The van der Waals surface area contributed by atoms with Crippen molar-refractivity contribution in [1.82, 2.24) is 14.4 Å². The predicted octanol–water partition coefficient (Wildman–Crippen LogP) is 1.82. The normalized spacial score (nSPS) is 15.6. The molecule has 6 nitrogen and oxygen atoms in total. The molecule has 2 aromatic heterocycles. The minimum absolute atomic E-state index is 0.0741. The van der Waals surface area contributed by atoms with Gasteiger partial charge in [-0.1, -0.05) is 0 Å². The van der Waals surface area contributed by atoms with Gasteiger partial charge in [0.25, 0.3) is 0 Å². The lowest BCUT2D eigenvalue weighted by molar-refractivity contribution is -0.391. The Hall–Kier alpha value is -1.98. The monoisotopic (exact) mass is 218 g/mol. The van der Waals surface area contributed by atoms with Crippen molar-refractivity contribution in [3.63, 3.8) is 0 Å². The van der Waals surface area contributed by atoms with Crippen molar-refractivity contribution in [1.29, 1.82) is 0 Å².